The molecule has 1 heterocycles. The molecule has 0 N–H and O–H groups in total. The molecule has 3 heteroatoms. The average Bonchev–Trinajstić information content (AvgIpc) is 3.98. The molecule has 0 bridgehead atoms. The van der Waals surface area contributed by atoms with E-state index < -0.39 is 5.41 Å². The van der Waals surface area contributed by atoms with Crippen LogP contribution in [0.4, 0.5) is 0 Å². The van der Waals surface area contributed by atoms with Gasteiger partial charge in [0, 0.05) is 22.3 Å². The van der Waals surface area contributed by atoms with Gasteiger partial charge in [-0.2, -0.15) is 0 Å². The van der Waals surface area contributed by atoms with Gasteiger partial charge in [-0.05, 0) is 123 Å². The average molecular weight is 807 g/mol. The summed E-state index contributed by atoms with van der Waals surface area (Å²) >= 11 is 0. The molecular formula is C59H50O3. The molecule has 11 rings (SSSR count). The van der Waals surface area contributed by atoms with E-state index in [0.717, 1.165) is 62.1 Å². The predicted molar refractivity (Wildman–Crippen MR) is 257 cm³/mol. The van der Waals surface area contributed by atoms with Crippen LogP contribution in [-0.2, 0) is 5.41 Å². The molecular weight excluding hydrogens is 757 g/mol. The highest BCUT2D eigenvalue weighted by atomic mass is 16.5. The Kier molecular flexibility index (Phi) is 11.0. The topological polar surface area (TPSA) is 31.6 Å². The highest BCUT2D eigenvalue weighted by molar-refractivity contribution is 6.00. The lowest BCUT2D eigenvalue weighted by Crippen LogP contribution is -2.26. The van der Waals surface area contributed by atoms with Crippen LogP contribution in [0.2, 0.25) is 0 Å². The number of benzene rings is 8. The Labute approximate surface area is 365 Å². The third-order valence-corrected chi connectivity index (χ3v) is 12.0. The first-order chi connectivity index (χ1) is 30.6. The molecule has 9 aromatic rings. The molecule has 0 unspecified atom stereocenters. The van der Waals surface area contributed by atoms with Crippen molar-refractivity contribution in [3.8, 4) is 84.4 Å². The summed E-state index contributed by atoms with van der Waals surface area (Å²) in [5.74, 6) is 3.96. The van der Waals surface area contributed by atoms with Gasteiger partial charge >= 0.3 is 0 Å². The van der Waals surface area contributed by atoms with E-state index >= 15 is 0 Å². The molecule has 2 aliphatic rings. The van der Waals surface area contributed by atoms with E-state index in [4.69, 9.17) is 13.9 Å². The van der Waals surface area contributed by atoms with Crippen LogP contribution in [0, 0.1) is 6.92 Å². The number of aryl methyl sites for hydroxylation is 1. The zero-order valence-electron chi connectivity index (χ0n) is 36.2. The highest BCUT2D eigenvalue weighted by Gasteiger charge is 2.51. The minimum Gasteiger partial charge on any atom is -0.497 e. The Bertz CT molecular complexity index is 2950. The number of rotatable bonds is 7. The van der Waals surface area contributed by atoms with E-state index in [1.807, 2.05) is 64.1 Å². The van der Waals surface area contributed by atoms with E-state index in [-0.39, 0.29) is 0 Å². The standard InChI is InChI=1S/C55H38O3.2C2H6/c1-35-21-31-45-46-32-30-42(34-50(46)55(49(45)33-35)47-19-11-9-17-43(47)44-18-10-12-20-48(44)55)57-41-28-24-39(25-29-41)54-52(37-15-7-4-8-16-37)51(36-13-5-3-6-14-36)53(58-54)38-22-26-40(56-2)27-23-38;2*1-2/h3-34H,1-2H3;2*1-2H3. The summed E-state index contributed by atoms with van der Waals surface area (Å²) in [7, 11) is 1.69. The molecule has 0 amide bonds. The number of methoxy groups -OCH3 is 1. The van der Waals surface area contributed by atoms with Crippen molar-refractivity contribution in [3.63, 3.8) is 0 Å². The summed E-state index contributed by atoms with van der Waals surface area (Å²) in [5, 5.41) is 0. The Morgan fingerprint density at radius 3 is 1.31 bits per heavy atom. The Morgan fingerprint density at radius 2 is 0.790 bits per heavy atom. The van der Waals surface area contributed by atoms with Crippen molar-refractivity contribution in [1.29, 1.82) is 0 Å². The van der Waals surface area contributed by atoms with Gasteiger partial charge in [0.2, 0.25) is 0 Å². The van der Waals surface area contributed by atoms with Gasteiger partial charge in [0.1, 0.15) is 28.8 Å². The number of fused-ring (bicyclic) bond motifs is 10. The van der Waals surface area contributed by atoms with Gasteiger partial charge in [0.25, 0.3) is 0 Å². The van der Waals surface area contributed by atoms with Crippen molar-refractivity contribution in [3.05, 3.63) is 222 Å². The number of ether oxygens (including phenoxy) is 2. The quantitative estimate of drug-likeness (QED) is 0.161. The second-order valence-corrected chi connectivity index (χ2v) is 15.2. The minimum absolute atomic E-state index is 0.432. The van der Waals surface area contributed by atoms with Crippen molar-refractivity contribution in [2.24, 2.45) is 0 Å². The Balaban J connectivity index is 0.00000119. The second kappa shape index (κ2) is 17.0. The molecule has 1 aromatic heterocycles. The van der Waals surface area contributed by atoms with E-state index in [1.54, 1.807) is 7.11 Å². The zero-order chi connectivity index (χ0) is 42.8. The lowest BCUT2D eigenvalue weighted by molar-refractivity contribution is 0.415. The molecule has 62 heavy (non-hydrogen) atoms. The van der Waals surface area contributed by atoms with Gasteiger partial charge in [-0.25, -0.2) is 0 Å². The van der Waals surface area contributed by atoms with Gasteiger partial charge in [-0.15, -0.1) is 0 Å². The largest absolute Gasteiger partial charge is 0.497 e. The fraction of sp³-hybridized carbons (Fsp3) is 0.119. The molecule has 1 spiro atoms. The van der Waals surface area contributed by atoms with Crippen molar-refractivity contribution >= 4 is 0 Å². The first-order valence-corrected chi connectivity index (χ1v) is 21.8. The molecule has 0 aliphatic heterocycles. The van der Waals surface area contributed by atoms with E-state index in [1.165, 1.54) is 50.1 Å². The van der Waals surface area contributed by atoms with Crippen LogP contribution in [0.1, 0.15) is 55.5 Å². The van der Waals surface area contributed by atoms with Gasteiger partial charge in [0.05, 0.1) is 12.5 Å². The third kappa shape index (κ3) is 6.53. The first kappa shape index (κ1) is 40.1. The van der Waals surface area contributed by atoms with Gasteiger partial charge in [-0.1, -0.05) is 167 Å². The molecule has 304 valence electrons. The van der Waals surface area contributed by atoms with Crippen LogP contribution in [0.25, 0.3) is 67.2 Å². The highest BCUT2D eigenvalue weighted by Crippen LogP contribution is 2.63. The minimum atomic E-state index is -0.432. The van der Waals surface area contributed by atoms with Crippen LogP contribution in [0.15, 0.2) is 199 Å². The SMILES string of the molecule is CC.CC.COc1ccc(-c2oc(-c3ccc(Oc4ccc5c(c4)C4(c6ccccc6-c6ccccc64)c4cc(C)ccc4-5)cc3)c(-c3ccccc3)c2-c2ccccc2)cc1. The molecule has 0 atom stereocenters. The van der Waals surface area contributed by atoms with Crippen molar-refractivity contribution in [2.45, 2.75) is 40.0 Å². The summed E-state index contributed by atoms with van der Waals surface area (Å²) in [6.45, 7) is 10.2. The summed E-state index contributed by atoms with van der Waals surface area (Å²) < 4.78 is 19.2. The number of furan rings is 1. The normalized spacial score (nSPS) is 12.2. The fourth-order valence-electron chi connectivity index (χ4n) is 9.45. The molecule has 0 radical (unpaired) electrons. The summed E-state index contributed by atoms with van der Waals surface area (Å²) in [5.41, 5.74) is 17.3. The lowest BCUT2D eigenvalue weighted by Gasteiger charge is -2.30. The maximum Gasteiger partial charge on any atom is 0.143 e. The summed E-state index contributed by atoms with van der Waals surface area (Å²) in [6.07, 6.45) is 0. The zero-order valence-corrected chi connectivity index (χ0v) is 36.2. The smallest absolute Gasteiger partial charge is 0.143 e. The molecule has 3 nitrogen and oxygen atoms in total. The summed E-state index contributed by atoms with van der Waals surface area (Å²) in [6, 6.07) is 68.7. The Morgan fingerprint density at radius 1 is 0.371 bits per heavy atom. The van der Waals surface area contributed by atoms with Crippen LogP contribution in [-0.4, -0.2) is 7.11 Å². The summed E-state index contributed by atoms with van der Waals surface area (Å²) in [4.78, 5) is 0. The number of hydrogen-bond donors (Lipinski definition) is 0. The van der Waals surface area contributed by atoms with Crippen LogP contribution in [0.5, 0.6) is 17.2 Å². The number of hydrogen-bond acceptors (Lipinski definition) is 3. The van der Waals surface area contributed by atoms with Crippen molar-refractivity contribution in [1.82, 2.24) is 0 Å². The molecule has 8 aromatic carbocycles. The third-order valence-electron chi connectivity index (χ3n) is 12.0. The molecule has 2 aliphatic carbocycles. The van der Waals surface area contributed by atoms with Crippen LogP contribution >= 0.6 is 0 Å². The van der Waals surface area contributed by atoms with Gasteiger partial charge in [-0.3, -0.25) is 0 Å². The van der Waals surface area contributed by atoms with Gasteiger partial charge < -0.3 is 13.9 Å². The molecule has 0 saturated heterocycles. The first-order valence-electron chi connectivity index (χ1n) is 21.8. The van der Waals surface area contributed by atoms with Crippen LogP contribution < -0.4 is 9.47 Å². The fourth-order valence-corrected chi connectivity index (χ4v) is 9.45. The van der Waals surface area contributed by atoms with E-state index in [9.17, 15) is 0 Å². The van der Waals surface area contributed by atoms with Crippen molar-refractivity contribution in [2.75, 3.05) is 7.11 Å². The maximum absolute atomic E-state index is 6.98. The van der Waals surface area contributed by atoms with Crippen LogP contribution in [0.3, 0.4) is 0 Å². The predicted octanol–water partition coefficient (Wildman–Crippen LogP) is 16.5. The monoisotopic (exact) mass is 806 g/mol. The maximum atomic E-state index is 6.98. The molecule has 0 saturated carbocycles. The Hall–Kier alpha value is -7.36. The van der Waals surface area contributed by atoms with E-state index in [2.05, 4.69) is 165 Å². The second-order valence-electron chi connectivity index (χ2n) is 15.2. The molecule has 0 fully saturated rings. The van der Waals surface area contributed by atoms with Crippen molar-refractivity contribution < 1.29 is 13.9 Å². The van der Waals surface area contributed by atoms with Gasteiger partial charge in [0.15, 0.2) is 0 Å². The lowest BCUT2D eigenvalue weighted by atomic mass is 9.70. The van der Waals surface area contributed by atoms with E-state index in [0.29, 0.717) is 0 Å².